The lowest BCUT2D eigenvalue weighted by molar-refractivity contribution is -0.384. The van der Waals surface area contributed by atoms with Gasteiger partial charge in [-0.2, -0.15) is 0 Å². The Morgan fingerprint density at radius 3 is 2.41 bits per heavy atom. The highest BCUT2D eigenvalue weighted by Gasteiger charge is 2.29. The molecule has 0 unspecified atom stereocenters. The number of hydrogen-bond donors (Lipinski definition) is 2. The Hall–Kier alpha value is -1.86. The predicted octanol–water partition coefficient (Wildman–Crippen LogP) is 3.50. The number of piperidine rings is 1. The first-order valence-corrected chi connectivity index (χ1v) is 9.41. The van der Waals surface area contributed by atoms with E-state index in [4.69, 9.17) is 5.73 Å². The number of halogens is 1. The molecule has 0 radical (unpaired) electrons. The molecule has 0 atom stereocenters. The van der Waals surface area contributed by atoms with Gasteiger partial charge in [-0.15, -0.1) is 12.4 Å². The maximum Gasteiger partial charge on any atom is 0.293 e. The van der Waals surface area contributed by atoms with Crippen LogP contribution in [0.3, 0.4) is 0 Å². The normalized spacial score (nSPS) is 15.2. The molecule has 1 fully saturated rings. The van der Waals surface area contributed by atoms with Gasteiger partial charge in [0.15, 0.2) is 0 Å². The third kappa shape index (κ3) is 5.32. The van der Waals surface area contributed by atoms with Gasteiger partial charge < -0.3 is 16.0 Å². The molecule has 0 bridgehead atoms. The Bertz CT molecular complexity index is 648. The zero-order valence-electron chi connectivity index (χ0n) is 16.4. The van der Waals surface area contributed by atoms with Crippen LogP contribution in [-0.2, 0) is 0 Å². The number of carbonyl (C=O) groups excluding carboxylic acids is 1. The lowest BCUT2D eigenvalue weighted by atomic mass is 9.92. The number of benzene rings is 1. The lowest BCUT2D eigenvalue weighted by Crippen LogP contribution is -2.52. The Balaban J connectivity index is 0.00000364. The van der Waals surface area contributed by atoms with E-state index in [1.807, 2.05) is 18.7 Å². The molecule has 1 saturated heterocycles. The number of rotatable bonds is 7. The van der Waals surface area contributed by atoms with Gasteiger partial charge in [-0.1, -0.05) is 20.8 Å². The lowest BCUT2D eigenvalue weighted by Gasteiger charge is -2.32. The van der Waals surface area contributed by atoms with Crippen molar-refractivity contribution < 1.29 is 9.72 Å². The smallest absolute Gasteiger partial charge is 0.293 e. The van der Waals surface area contributed by atoms with Crippen LogP contribution in [-0.4, -0.2) is 36.0 Å². The Morgan fingerprint density at radius 1 is 1.33 bits per heavy atom. The van der Waals surface area contributed by atoms with Crippen LogP contribution in [0.1, 0.15) is 56.8 Å². The molecule has 1 amide bonds. The van der Waals surface area contributed by atoms with Crippen LogP contribution < -0.4 is 16.0 Å². The molecule has 2 rings (SSSR count). The van der Waals surface area contributed by atoms with Crippen LogP contribution in [0.4, 0.5) is 11.4 Å². The van der Waals surface area contributed by atoms with E-state index in [0.717, 1.165) is 25.9 Å². The fourth-order valence-electron chi connectivity index (χ4n) is 3.41. The summed E-state index contributed by atoms with van der Waals surface area (Å²) in [6.45, 7) is 8.08. The summed E-state index contributed by atoms with van der Waals surface area (Å²) in [5.74, 6) is 0.323. The fourth-order valence-corrected chi connectivity index (χ4v) is 3.41. The van der Waals surface area contributed by atoms with Crippen LogP contribution in [0.15, 0.2) is 18.2 Å². The molecule has 0 aliphatic carbocycles. The molecule has 3 N–H and O–H groups in total. The van der Waals surface area contributed by atoms with Gasteiger partial charge in [-0.3, -0.25) is 14.9 Å². The van der Waals surface area contributed by atoms with Gasteiger partial charge in [-0.25, -0.2) is 0 Å². The minimum Gasteiger partial charge on any atom is -0.366 e. The summed E-state index contributed by atoms with van der Waals surface area (Å²) in [6, 6.07) is 4.75. The number of nitro benzene ring substituents is 1. The summed E-state index contributed by atoms with van der Waals surface area (Å²) in [7, 11) is 0. The van der Waals surface area contributed by atoms with Gasteiger partial charge in [0.2, 0.25) is 0 Å². The van der Waals surface area contributed by atoms with Crippen LogP contribution in [0, 0.1) is 16.0 Å². The minimum atomic E-state index is -0.479. The molecule has 1 aliphatic heterocycles. The molecular weight excluding hydrogens is 368 g/mol. The molecule has 7 nitrogen and oxygen atoms in total. The highest BCUT2D eigenvalue weighted by Crippen LogP contribution is 2.32. The van der Waals surface area contributed by atoms with Gasteiger partial charge in [0, 0.05) is 31.3 Å². The SMILES string of the molecule is CCC(CC)(CN)NC(=O)c1ccc(N2CCC(C)CC2)c([N+](=O)[O-])c1.Cl. The second-order valence-electron chi connectivity index (χ2n) is 7.28. The summed E-state index contributed by atoms with van der Waals surface area (Å²) in [6.07, 6.45) is 3.45. The van der Waals surface area contributed by atoms with Gasteiger partial charge in [-0.05, 0) is 43.7 Å². The minimum absolute atomic E-state index is 0. The van der Waals surface area contributed by atoms with E-state index in [2.05, 4.69) is 12.2 Å². The van der Waals surface area contributed by atoms with E-state index in [1.165, 1.54) is 6.07 Å². The average Bonchev–Trinajstić information content (AvgIpc) is 2.66. The molecule has 27 heavy (non-hydrogen) atoms. The maximum atomic E-state index is 12.6. The number of nitro groups is 1. The number of nitrogens with one attached hydrogen (secondary N) is 1. The van der Waals surface area contributed by atoms with Gasteiger partial charge >= 0.3 is 0 Å². The molecule has 8 heteroatoms. The van der Waals surface area contributed by atoms with Gasteiger partial charge in [0.1, 0.15) is 5.69 Å². The summed E-state index contributed by atoms with van der Waals surface area (Å²) >= 11 is 0. The van der Waals surface area contributed by atoms with Crippen LogP contribution in [0.25, 0.3) is 0 Å². The van der Waals surface area contributed by atoms with Crippen molar-refractivity contribution in [2.45, 2.75) is 52.0 Å². The summed E-state index contributed by atoms with van der Waals surface area (Å²) in [4.78, 5) is 25.9. The Labute approximate surface area is 167 Å². The van der Waals surface area contributed by atoms with Crippen molar-refractivity contribution in [3.05, 3.63) is 33.9 Å². The molecule has 0 spiro atoms. The van der Waals surface area contributed by atoms with E-state index >= 15 is 0 Å². The molecule has 1 heterocycles. The van der Waals surface area contributed by atoms with E-state index in [9.17, 15) is 14.9 Å². The quantitative estimate of drug-likeness (QED) is 0.540. The van der Waals surface area contributed by atoms with Crippen molar-refractivity contribution >= 4 is 29.7 Å². The molecule has 1 aliphatic rings. The van der Waals surface area contributed by atoms with Crippen LogP contribution in [0.2, 0.25) is 0 Å². The number of carbonyl (C=O) groups is 1. The van der Waals surface area contributed by atoms with E-state index in [0.29, 0.717) is 36.6 Å². The maximum absolute atomic E-state index is 12.6. The largest absolute Gasteiger partial charge is 0.366 e. The number of nitrogens with zero attached hydrogens (tertiary/aromatic N) is 2. The Morgan fingerprint density at radius 2 is 1.93 bits per heavy atom. The van der Waals surface area contributed by atoms with E-state index in [1.54, 1.807) is 12.1 Å². The molecule has 0 saturated carbocycles. The molecule has 1 aromatic rings. The zero-order chi connectivity index (χ0) is 19.3. The number of hydrogen-bond acceptors (Lipinski definition) is 5. The van der Waals surface area contributed by atoms with E-state index in [-0.39, 0.29) is 24.0 Å². The number of anilines is 1. The third-order valence-electron chi connectivity index (χ3n) is 5.68. The number of nitrogens with two attached hydrogens (primary N) is 1. The van der Waals surface area contributed by atoms with Crippen molar-refractivity contribution in [1.82, 2.24) is 5.32 Å². The molecule has 0 aromatic heterocycles. The van der Waals surface area contributed by atoms with E-state index < -0.39 is 10.5 Å². The Kier molecular flexibility index (Phi) is 8.50. The highest BCUT2D eigenvalue weighted by atomic mass is 35.5. The standard InChI is InChI=1S/C19H30N4O3.ClH/c1-4-19(5-2,13-20)21-18(24)15-6-7-16(17(12-15)23(25)26)22-10-8-14(3)9-11-22;/h6-7,12,14H,4-5,8-11,13,20H2,1-3H3,(H,21,24);1H. The highest BCUT2D eigenvalue weighted by molar-refractivity contribution is 5.96. The monoisotopic (exact) mass is 398 g/mol. The van der Waals surface area contributed by atoms with Crippen molar-refractivity contribution in [2.24, 2.45) is 11.7 Å². The first-order chi connectivity index (χ1) is 12.4. The summed E-state index contributed by atoms with van der Waals surface area (Å²) in [5.41, 5.74) is 6.23. The zero-order valence-corrected chi connectivity index (χ0v) is 17.2. The average molecular weight is 399 g/mol. The molecule has 1 aromatic carbocycles. The van der Waals surface area contributed by atoms with Gasteiger partial charge in [0.25, 0.3) is 11.6 Å². The molecule has 152 valence electrons. The molecular formula is C19H31ClN4O3. The van der Waals surface area contributed by atoms with Gasteiger partial charge in [0.05, 0.1) is 10.5 Å². The van der Waals surface area contributed by atoms with Crippen molar-refractivity contribution in [3.8, 4) is 0 Å². The van der Waals surface area contributed by atoms with Crippen LogP contribution >= 0.6 is 12.4 Å². The summed E-state index contributed by atoms with van der Waals surface area (Å²) < 4.78 is 0. The fraction of sp³-hybridized carbons (Fsp3) is 0.632. The topological polar surface area (TPSA) is 102 Å². The third-order valence-corrected chi connectivity index (χ3v) is 5.68. The van der Waals surface area contributed by atoms with Crippen LogP contribution in [0.5, 0.6) is 0 Å². The first-order valence-electron chi connectivity index (χ1n) is 9.41. The summed E-state index contributed by atoms with van der Waals surface area (Å²) in [5, 5.41) is 14.6. The number of amides is 1. The first kappa shape index (κ1) is 23.2. The second kappa shape index (κ2) is 9.90. The van der Waals surface area contributed by atoms with Crippen molar-refractivity contribution in [3.63, 3.8) is 0 Å². The van der Waals surface area contributed by atoms with Crippen molar-refractivity contribution in [2.75, 3.05) is 24.5 Å². The van der Waals surface area contributed by atoms with Crippen molar-refractivity contribution in [1.29, 1.82) is 0 Å². The predicted molar refractivity (Wildman–Crippen MR) is 111 cm³/mol. The second-order valence-corrected chi connectivity index (χ2v) is 7.28.